The Morgan fingerprint density at radius 1 is 0.868 bits per heavy atom. The molecule has 0 unspecified atom stereocenters. The lowest BCUT2D eigenvalue weighted by atomic mass is 9.89. The van der Waals surface area contributed by atoms with Crippen LogP contribution < -0.4 is 5.32 Å². The third-order valence-corrected chi connectivity index (χ3v) is 7.78. The van der Waals surface area contributed by atoms with E-state index in [9.17, 15) is 14.4 Å². The fourth-order valence-electron chi connectivity index (χ4n) is 5.56. The van der Waals surface area contributed by atoms with Gasteiger partial charge in [-0.15, -0.1) is 0 Å². The molecule has 2 aliphatic rings. The average Bonchev–Trinajstić information content (AvgIpc) is 3.20. The first-order valence-electron chi connectivity index (χ1n) is 13.6. The van der Waals surface area contributed by atoms with Crippen molar-refractivity contribution in [2.24, 2.45) is 5.92 Å². The van der Waals surface area contributed by atoms with E-state index in [0.717, 1.165) is 43.7 Å². The Bertz CT molecular complexity index is 1280. The summed E-state index contributed by atoms with van der Waals surface area (Å²) in [5.41, 5.74) is 4.09. The number of fused-ring (bicyclic) bond motifs is 1. The fourth-order valence-corrected chi connectivity index (χ4v) is 5.56. The summed E-state index contributed by atoms with van der Waals surface area (Å²) in [5, 5.41) is 3.01. The number of nitrogens with zero attached hydrogens (tertiary/aromatic N) is 2. The molecule has 2 aliphatic heterocycles. The second-order valence-electron chi connectivity index (χ2n) is 10.6. The molecule has 1 N–H and O–H groups in total. The van der Waals surface area contributed by atoms with E-state index < -0.39 is 0 Å². The molecule has 0 aliphatic carbocycles. The number of benzene rings is 3. The van der Waals surface area contributed by atoms with Gasteiger partial charge in [-0.05, 0) is 73.7 Å². The van der Waals surface area contributed by atoms with Crippen molar-refractivity contribution in [2.75, 3.05) is 25.0 Å². The zero-order valence-electron chi connectivity index (χ0n) is 22.1. The third-order valence-electron chi connectivity index (χ3n) is 7.78. The van der Waals surface area contributed by atoms with Crippen molar-refractivity contribution in [3.8, 4) is 0 Å². The van der Waals surface area contributed by atoms with Crippen LogP contribution in [-0.4, -0.2) is 47.2 Å². The number of likely N-dealkylation sites (tertiary alicyclic amines) is 1. The van der Waals surface area contributed by atoms with Crippen LogP contribution in [-0.2, 0) is 4.79 Å². The predicted octanol–water partition coefficient (Wildman–Crippen LogP) is 5.89. The molecular formula is C32H35N3O3. The molecule has 1 atom stereocenters. The lowest BCUT2D eigenvalue weighted by molar-refractivity contribution is -0.118. The van der Waals surface area contributed by atoms with Gasteiger partial charge in [0.05, 0.1) is 17.2 Å². The molecule has 0 aromatic heterocycles. The predicted molar refractivity (Wildman–Crippen MR) is 149 cm³/mol. The lowest BCUT2D eigenvalue weighted by Crippen LogP contribution is -2.38. The highest BCUT2D eigenvalue weighted by Crippen LogP contribution is 2.35. The Morgan fingerprint density at radius 3 is 2.13 bits per heavy atom. The molecule has 3 aromatic carbocycles. The highest BCUT2D eigenvalue weighted by atomic mass is 16.2. The summed E-state index contributed by atoms with van der Waals surface area (Å²) in [5.74, 6) is 0.0124. The molecule has 3 amide bonds. The van der Waals surface area contributed by atoms with Crippen molar-refractivity contribution in [2.45, 2.75) is 45.1 Å². The first-order valence-corrected chi connectivity index (χ1v) is 13.6. The second kappa shape index (κ2) is 11.3. The summed E-state index contributed by atoms with van der Waals surface area (Å²) in [6, 6.07) is 24.9. The minimum Gasteiger partial charge on any atom is -0.326 e. The average molecular weight is 510 g/mol. The van der Waals surface area contributed by atoms with Gasteiger partial charge in [-0.1, -0.05) is 68.4 Å². The van der Waals surface area contributed by atoms with Crippen molar-refractivity contribution < 1.29 is 14.4 Å². The number of carbonyl (C=O) groups excluding carboxylic acids is 3. The quantitative estimate of drug-likeness (QED) is 0.385. The largest absolute Gasteiger partial charge is 0.326 e. The zero-order chi connectivity index (χ0) is 26.6. The van der Waals surface area contributed by atoms with Crippen LogP contribution in [0.2, 0.25) is 0 Å². The van der Waals surface area contributed by atoms with Gasteiger partial charge in [0.1, 0.15) is 0 Å². The van der Waals surface area contributed by atoms with Gasteiger partial charge in [-0.25, -0.2) is 0 Å². The van der Waals surface area contributed by atoms with Crippen LogP contribution in [0.4, 0.5) is 5.69 Å². The summed E-state index contributed by atoms with van der Waals surface area (Å²) in [4.78, 5) is 42.5. The summed E-state index contributed by atoms with van der Waals surface area (Å²) < 4.78 is 0. The highest BCUT2D eigenvalue weighted by molar-refractivity contribution is 6.21. The molecule has 1 fully saturated rings. The molecule has 3 aromatic rings. The number of imide groups is 1. The van der Waals surface area contributed by atoms with Gasteiger partial charge >= 0.3 is 0 Å². The van der Waals surface area contributed by atoms with E-state index >= 15 is 0 Å². The number of carbonyl (C=O) groups is 3. The monoisotopic (exact) mass is 509 g/mol. The molecule has 2 heterocycles. The maximum absolute atomic E-state index is 13.3. The van der Waals surface area contributed by atoms with Crippen LogP contribution in [0.1, 0.15) is 76.9 Å². The van der Waals surface area contributed by atoms with Crippen LogP contribution in [0.5, 0.6) is 0 Å². The second-order valence-corrected chi connectivity index (χ2v) is 10.6. The van der Waals surface area contributed by atoms with Gasteiger partial charge in [0.2, 0.25) is 5.91 Å². The minimum absolute atomic E-state index is 0.0306. The molecule has 196 valence electrons. The number of amides is 3. The third kappa shape index (κ3) is 5.41. The van der Waals surface area contributed by atoms with E-state index in [2.05, 4.69) is 22.3 Å². The van der Waals surface area contributed by atoms with Gasteiger partial charge in [0.25, 0.3) is 11.8 Å². The SMILES string of the molecule is CC(C)C(=O)Nc1cccc(C2CCN(CC[C@H](c3ccccc3)N3C(=O)c4ccccc4C3=O)CC2)c1. The van der Waals surface area contributed by atoms with Crippen molar-refractivity contribution in [3.63, 3.8) is 0 Å². The van der Waals surface area contributed by atoms with Gasteiger partial charge in [0, 0.05) is 18.2 Å². The Balaban J connectivity index is 1.23. The van der Waals surface area contributed by atoms with Crippen molar-refractivity contribution in [1.29, 1.82) is 0 Å². The lowest BCUT2D eigenvalue weighted by Gasteiger charge is -2.34. The maximum atomic E-state index is 13.3. The maximum Gasteiger partial charge on any atom is 0.262 e. The number of anilines is 1. The van der Waals surface area contributed by atoms with Crippen LogP contribution >= 0.6 is 0 Å². The summed E-state index contributed by atoms with van der Waals surface area (Å²) in [6.45, 7) is 6.51. The Labute approximate surface area is 224 Å². The van der Waals surface area contributed by atoms with Gasteiger partial charge in [-0.3, -0.25) is 19.3 Å². The minimum atomic E-state index is -0.303. The molecule has 0 spiro atoms. The molecule has 6 heteroatoms. The Kier molecular flexibility index (Phi) is 7.70. The summed E-state index contributed by atoms with van der Waals surface area (Å²) >= 11 is 0. The van der Waals surface area contributed by atoms with Crippen LogP contribution in [0.3, 0.4) is 0 Å². The summed E-state index contributed by atoms with van der Waals surface area (Å²) in [6.07, 6.45) is 2.76. The van der Waals surface area contributed by atoms with E-state index in [-0.39, 0.29) is 29.7 Å². The number of piperidine rings is 1. The number of hydrogen-bond donors (Lipinski definition) is 1. The first kappa shape index (κ1) is 25.9. The van der Waals surface area contributed by atoms with Crippen molar-refractivity contribution in [1.82, 2.24) is 9.80 Å². The van der Waals surface area contributed by atoms with E-state index in [1.165, 1.54) is 10.5 Å². The van der Waals surface area contributed by atoms with Gasteiger partial charge in [0.15, 0.2) is 0 Å². The van der Waals surface area contributed by atoms with E-state index in [1.807, 2.05) is 68.4 Å². The number of rotatable bonds is 8. The Morgan fingerprint density at radius 2 is 1.50 bits per heavy atom. The fraction of sp³-hybridized carbons (Fsp3) is 0.344. The highest BCUT2D eigenvalue weighted by Gasteiger charge is 2.40. The molecule has 5 rings (SSSR count). The number of nitrogens with one attached hydrogen (secondary N) is 1. The summed E-state index contributed by atoms with van der Waals surface area (Å²) in [7, 11) is 0. The molecular weight excluding hydrogens is 474 g/mol. The molecule has 0 bridgehead atoms. The number of hydrogen-bond acceptors (Lipinski definition) is 4. The van der Waals surface area contributed by atoms with Gasteiger partial charge < -0.3 is 10.2 Å². The molecule has 1 saturated heterocycles. The Hall–Kier alpha value is -3.77. The van der Waals surface area contributed by atoms with E-state index in [1.54, 1.807) is 12.1 Å². The normalized spacial score (nSPS) is 17.1. The van der Waals surface area contributed by atoms with Crippen molar-refractivity contribution in [3.05, 3.63) is 101 Å². The standard InChI is InChI=1S/C32H35N3O3/c1-22(2)30(36)33-26-12-8-11-25(21-26)23-15-18-34(19-16-23)20-17-29(24-9-4-3-5-10-24)35-31(37)27-13-6-7-14-28(27)32(35)38/h3-14,21-23,29H,15-20H2,1-2H3,(H,33,36)/t29-/m1/s1. The molecule has 0 radical (unpaired) electrons. The van der Waals surface area contributed by atoms with E-state index in [0.29, 0.717) is 23.5 Å². The zero-order valence-corrected chi connectivity index (χ0v) is 22.1. The smallest absolute Gasteiger partial charge is 0.262 e. The van der Waals surface area contributed by atoms with Crippen molar-refractivity contribution >= 4 is 23.4 Å². The molecule has 38 heavy (non-hydrogen) atoms. The first-order chi connectivity index (χ1) is 18.4. The topological polar surface area (TPSA) is 69.7 Å². The van der Waals surface area contributed by atoms with Crippen LogP contribution in [0.15, 0.2) is 78.9 Å². The van der Waals surface area contributed by atoms with Gasteiger partial charge in [-0.2, -0.15) is 0 Å². The molecule has 0 saturated carbocycles. The van der Waals surface area contributed by atoms with E-state index in [4.69, 9.17) is 0 Å². The molecule has 6 nitrogen and oxygen atoms in total. The van der Waals surface area contributed by atoms with Crippen LogP contribution in [0, 0.1) is 5.92 Å². The van der Waals surface area contributed by atoms with Crippen LogP contribution in [0.25, 0.3) is 0 Å².